The quantitative estimate of drug-likeness (QED) is 0.718. The van der Waals surface area contributed by atoms with E-state index in [4.69, 9.17) is 0 Å². The second-order valence-corrected chi connectivity index (χ2v) is 6.28. The standard InChI is InChI=1S/C20H23N5O/c1-15-7-6-10-19(23-15)12-21-20(26)24-16(2)18-11-22-25(14-18)13-17-8-4-3-5-9-17/h3-11,14,16H,12-13H2,1-2H3,(H2,21,24,26)/t16-/m0/s1. The Labute approximate surface area is 153 Å². The van der Waals surface area contributed by atoms with Gasteiger partial charge in [0, 0.05) is 17.5 Å². The number of amides is 2. The van der Waals surface area contributed by atoms with Gasteiger partial charge in [0.2, 0.25) is 0 Å². The lowest BCUT2D eigenvalue weighted by Crippen LogP contribution is -2.36. The van der Waals surface area contributed by atoms with Gasteiger partial charge in [0.05, 0.1) is 31.0 Å². The van der Waals surface area contributed by atoms with Gasteiger partial charge in [0.1, 0.15) is 0 Å². The third kappa shape index (κ3) is 4.92. The molecule has 0 unspecified atom stereocenters. The van der Waals surface area contributed by atoms with Crippen LogP contribution in [0.4, 0.5) is 4.79 Å². The fourth-order valence-corrected chi connectivity index (χ4v) is 2.66. The molecule has 0 saturated heterocycles. The highest BCUT2D eigenvalue weighted by molar-refractivity contribution is 5.74. The molecule has 1 atom stereocenters. The second kappa shape index (κ2) is 8.29. The van der Waals surface area contributed by atoms with Crippen molar-refractivity contribution >= 4 is 6.03 Å². The molecule has 0 radical (unpaired) electrons. The number of aryl methyl sites for hydroxylation is 1. The van der Waals surface area contributed by atoms with Crippen molar-refractivity contribution in [1.82, 2.24) is 25.4 Å². The molecule has 2 aromatic heterocycles. The highest BCUT2D eigenvalue weighted by atomic mass is 16.2. The zero-order valence-electron chi connectivity index (χ0n) is 15.0. The van der Waals surface area contributed by atoms with Gasteiger partial charge in [-0.2, -0.15) is 5.10 Å². The first-order valence-electron chi connectivity index (χ1n) is 8.63. The lowest BCUT2D eigenvalue weighted by molar-refractivity contribution is 0.237. The molecular weight excluding hydrogens is 326 g/mol. The second-order valence-electron chi connectivity index (χ2n) is 6.28. The molecular formula is C20H23N5O. The van der Waals surface area contributed by atoms with Crippen LogP contribution in [-0.4, -0.2) is 20.8 Å². The van der Waals surface area contributed by atoms with Crippen molar-refractivity contribution in [1.29, 1.82) is 0 Å². The summed E-state index contributed by atoms with van der Waals surface area (Å²) in [4.78, 5) is 16.5. The minimum absolute atomic E-state index is 0.134. The number of benzene rings is 1. The van der Waals surface area contributed by atoms with Gasteiger partial charge in [-0.25, -0.2) is 4.79 Å². The van der Waals surface area contributed by atoms with Gasteiger partial charge in [0.25, 0.3) is 0 Å². The summed E-state index contributed by atoms with van der Waals surface area (Å²) in [5, 5.41) is 10.1. The number of nitrogens with zero attached hydrogens (tertiary/aromatic N) is 3. The third-order valence-corrected chi connectivity index (χ3v) is 4.06. The van der Waals surface area contributed by atoms with Crippen molar-refractivity contribution in [2.75, 3.05) is 0 Å². The summed E-state index contributed by atoms with van der Waals surface area (Å²) in [6.45, 7) is 4.97. The van der Waals surface area contributed by atoms with E-state index in [1.807, 2.05) is 61.1 Å². The summed E-state index contributed by atoms with van der Waals surface area (Å²) in [5.74, 6) is 0. The summed E-state index contributed by atoms with van der Waals surface area (Å²) in [6.07, 6.45) is 3.75. The fourth-order valence-electron chi connectivity index (χ4n) is 2.66. The zero-order chi connectivity index (χ0) is 18.4. The van der Waals surface area contributed by atoms with Crippen molar-refractivity contribution in [3.63, 3.8) is 0 Å². The van der Waals surface area contributed by atoms with Gasteiger partial charge >= 0.3 is 6.03 Å². The number of rotatable bonds is 6. The van der Waals surface area contributed by atoms with E-state index in [2.05, 4.69) is 32.8 Å². The maximum atomic E-state index is 12.1. The van der Waals surface area contributed by atoms with E-state index in [1.165, 1.54) is 5.56 Å². The molecule has 6 nitrogen and oxygen atoms in total. The van der Waals surface area contributed by atoms with E-state index in [1.54, 1.807) is 6.20 Å². The number of hydrogen-bond donors (Lipinski definition) is 2. The molecule has 0 bridgehead atoms. The first-order chi connectivity index (χ1) is 12.6. The van der Waals surface area contributed by atoms with Crippen molar-refractivity contribution in [3.05, 3.63) is 83.4 Å². The van der Waals surface area contributed by atoms with Crippen LogP contribution in [-0.2, 0) is 13.1 Å². The monoisotopic (exact) mass is 349 g/mol. The summed E-state index contributed by atoms with van der Waals surface area (Å²) >= 11 is 0. The average Bonchev–Trinajstić information content (AvgIpc) is 3.10. The Bertz CT molecular complexity index is 859. The lowest BCUT2D eigenvalue weighted by atomic mass is 10.2. The molecule has 2 heterocycles. The Morgan fingerprint density at radius 2 is 1.96 bits per heavy atom. The summed E-state index contributed by atoms with van der Waals surface area (Å²) in [6, 6.07) is 15.5. The van der Waals surface area contributed by atoms with Crippen LogP contribution >= 0.6 is 0 Å². The fraction of sp³-hybridized carbons (Fsp3) is 0.250. The van der Waals surface area contributed by atoms with Gasteiger partial charge in [0.15, 0.2) is 0 Å². The molecule has 26 heavy (non-hydrogen) atoms. The van der Waals surface area contributed by atoms with E-state index < -0.39 is 0 Å². The van der Waals surface area contributed by atoms with Crippen LogP contribution in [0, 0.1) is 6.92 Å². The number of carbonyl (C=O) groups is 1. The molecule has 1 aromatic carbocycles. The minimum Gasteiger partial charge on any atom is -0.332 e. The van der Waals surface area contributed by atoms with Gasteiger partial charge in [-0.1, -0.05) is 36.4 Å². The molecule has 134 valence electrons. The Morgan fingerprint density at radius 3 is 2.73 bits per heavy atom. The van der Waals surface area contributed by atoms with Gasteiger partial charge in [-0.15, -0.1) is 0 Å². The SMILES string of the molecule is Cc1cccc(CNC(=O)N[C@@H](C)c2cnn(Cc3ccccc3)c2)n1. The topological polar surface area (TPSA) is 71.8 Å². The third-order valence-electron chi connectivity index (χ3n) is 4.06. The Balaban J connectivity index is 1.51. The van der Waals surface area contributed by atoms with Crippen molar-refractivity contribution < 1.29 is 4.79 Å². The predicted molar refractivity (Wildman–Crippen MR) is 101 cm³/mol. The highest BCUT2D eigenvalue weighted by Gasteiger charge is 2.11. The van der Waals surface area contributed by atoms with Crippen molar-refractivity contribution in [2.24, 2.45) is 0 Å². The van der Waals surface area contributed by atoms with E-state index in [0.29, 0.717) is 13.1 Å². The van der Waals surface area contributed by atoms with Crippen LogP contribution in [0.1, 0.15) is 35.5 Å². The van der Waals surface area contributed by atoms with Crippen LogP contribution in [0.15, 0.2) is 60.9 Å². The van der Waals surface area contributed by atoms with E-state index in [0.717, 1.165) is 17.0 Å². The number of carbonyl (C=O) groups excluding carboxylic acids is 1. The number of pyridine rings is 1. The van der Waals surface area contributed by atoms with Crippen LogP contribution in [0.25, 0.3) is 0 Å². The van der Waals surface area contributed by atoms with Gasteiger partial charge in [-0.3, -0.25) is 9.67 Å². The van der Waals surface area contributed by atoms with Crippen molar-refractivity contribution in [3.8, 4) is 0 Å². The van der Waals surface area contributed by atoms with Crippen LogP contribution < -0.4 is 10.6 Å². The number of hydrogen-bond acceptors (Lipinski definition) is 3. The summed E-state index contributed by atoms with van der Waals surface area (Å²) < 4.78 is 1.87. The smallest absolute Gasteiger partial charge is 0.315 e. The molecule has 0 fully saturated rings. The van der Waals surface area contributed by atoms with Crippen molar-refractivity contribution in [2.45, 2.75) is 33.0 Å². The molecule has 0 spiro atoms. The van der Waals surface area contributed by atoms with Gasteiger partial charge in [-0.05, 0) is 31.5 Å². The highest BCUT2D eigenvalue weighted by Crippen LogP contribution is 2.12. The largest absolute Gasteiger partial charge is 0.332 e. The maximum absolute atomic E-state index is 12.1. The molecule has 0 aliphatic carbocycles. The molecule has 0 saturated carbocycles. The first-order valence-corrected chi connectivity index (χ1v) is 8.63. The van der Waals surface area contributed by atoms with Crippen LogP contribution in [0.5, 0.6) is 0 Å². The molecule has 3 aromatic rings. The molecule has 2 amide bonds. The Hall–Kier alpha value is -3.15. The predicted octanol–water partition coefficient (Wildman–Crippen LogP) is 3.20. The summed E-state index contributed by atoms with van der Waals surface area (Å²) in [7, 11) is 0. The normalized spacial score (nSPS) is 11.8. The lowest BCUT2D eigenvalue weighted by Gasteiger charge is -2.13. The van der Waals surface area contributed by atoms with E-state index in [-0.39, 0.29) is 12.1 Å². The molecule has 0 aliphatic heterocycles. The zero-order valence-corrected chi connectivity index (χ0v) is 15.0. The van der Waals surface area contributed by atoms with Crippen LogP contribution in [0.3, 0.4) is 0 Å². The number of aromatic nitrogens is 3. The number of nitrogens with one attached hydrogen (secondary N) is 2. The molecule has 3 rings (SSSR count). The first kappa shape index (κ1) is 17.7. The minimum atomic E-state index is -0.225. The molecule has 0 aliphatic rings. The molecule has 6 heteroatoms. The van der Waals surface area contributed by atoms with Crippen LogP contribution in [0.2, 0.25) is 0 Å². The Kier molecular flexibility index (Phi) is 5.63. The van der Waals surface area contributed by atoms with Gasteiger partial charge < -0.3 is 10.6 Å². The molecule has 2 N–H and O–H groups in total. The van der Waals surface area contributed by atoms with E-state index in [9.17, 15) is 4.79 Å². The average molecular weight is 349 g/mol. The van der Waals surface area contributed by atoms with E-state index >= 15 is 0 Å². The maximum Gasteiger partial charge on any atom is 0.315 e. The number of urea groups is 1. The summed E-state index contributed by atoms with van der Waals surface area (Å²) in [5.41, 5.74) is 3.92. The Morgan fingerprint density at radius 1 is 1.15 bits per heavy atom.